The van der Waals surface area contributed by atoms with Gasteiger partial charge in [0.1, 0.15) is 0 Å². The minimum absolute atomic E-state index is 0.0132. The molecule has 0 heteroatoms. The second-order valence-electron chi connectivity index (χ2n) is 7.56. The number of benzene rings is 2. The molecule has 0 aromatic heterocycles. The summed E-state index contributed by atoms with van der Waals surface area (Å²) in [5.74, 6) is 0.322. The quantitative estimate of drug-likeness (QED) is 0.567. The van der Waals surface area contributed by atoms with Crippen LogP contribution in [-0.2, 0) is 0 Å². The third-order valence-corrected chi connectivity index (χ3v) is 5.54. The summed E-state index contributed by atoms with van der Waals surface area (Å²) in [7, 11) is 0. The van der Waals surface area contributed by atoms with Gasteiger partial charge in [0.25, 0.3) is 0 Å². The van der Waals surface area contributed by atoms with E-state index >= 15 is 0 Å². The lowest BCUT2D eigenvalue weighted by molar-refractivity contribution is 0.512. The van der Waals surface area contributed by atoms with Gasteiger partial charge in [-0.15, -0.1) is 0 Å². The van der Waals surface area contributed by atoms with E-state index in [0.29, 0.717) is 5.92 Å². The average molecular weight is 311 g/mol. The van der Waals surface area contributed by atoms with Crippen molar-refractivity contribution in [3.63, 3.8) is 0 Å². The topological polar surface area (TPSA) is 0 Å². The Bertz CT molecular complexity index is 854. The molecule has 4 rings (SSSR count). The van der Waals surface area contributed by atoms with Crippen molar-refractivity contribution in [3.8, 4) is 11.1 Å². The summed E-state index contributed by atoms with van der Waals surface area (Å²) in [6, 6.07) is 17.7. The highest BCUT2D eigenvalue weighted by Crippen LogP contribution is 2.54. The molecule has 2 aliphatic rings. The summed E-state index contributed by atoms with van der Waals surface area (Å²) in [5.41, 5.74) is 9.83. The summed E-state index contributed by atoms with van der Waals surface area (Å²) < 4.78 is 0. The van der Waals surface area contributed by atoms with Gasteiger partial charge in [-0.2, -0.15) is 0 Å². The zero-order chi connectivity index (χ0) is 16.9. The fraction of sp³-hybridized carbons (Fsp3) is 0.250. The largest absolute Gasteiger partial charge is 0.0723 e. The maximum Gasteiger partial charge on any atom is 0.0323 e. The summed E-state index contributed by atoms with van der Waals surface area (Å²) >= 11 is 0. The van der Waals surface area contributed by atoms with E-state index in [4.69, 9.17) is 0 Å². The first-order valence-corrected chi connectivity index (χ1v) is 8.68. The van der Waals surface area contributed by atoms with Gasteiger partial charge in [0.05, 0.1) is 0 Å². The molecule has 2 aromatic carbocycles. The molecule has 0 heterocycles. The van der Waals surface area contributed by atoms with Gasteiger partial charge in [0.15, 0.2) is 0 Å². The first-order valence-electron chi connectivity index (χ1n) is 8.68. The molecule has 0 fully saturated rings. The zero-order valence-corrected chi connectivity index (χ0v) is 14.9. The Morgan fingerprint density at radius 2 is 1.42 bits per heavy atom. The third-order valence-electron chi connectivity index (χ3n) is 5.54. The van der Waals surface area contributed by atoms with Gasteiger partial charge in [0.2, 0.25) is 0 Å². The molecule has 0 atom stereocenters. The Morgan fingerprint density at radius 3 is 1.96 bits per heavy atom. The second kappa shape index (κ2) is 5.34. The number of hydrogen-bond acceptors (Lipinski definition) is 0. The molecule has 119 valence electrons. The van der Waals surface area contributed by atoms with E-state index in [-0.39, 0.29) is 5.41 Å². The third kappa shape index (κ3) is 2.06. The molecule has 0 amide bonds. The van der Waals surface area contributed by atoms with Gasteiger partial charge >= 0.3 is 0 Å². The van der Waals surface area contributed by atoms with Crippen molar-refractivity contribution < 1.29 is 0 Å². The van der Waals surface area contributed by atoms with Crippen LogP contribution < -0.4 is 0 Å². The maximum absolute atomic E-state index is 3.42. The van der Waals surface area contributed by atoms with Crippen LogP contribution >= 0.6 is 0 Å². The van der Waals surface area contributed by atoms with Crippen molar-refractivity contribution in [2.45, 2.75) is 33.6 Å². The fourth-order valence-corrected chi connectivity index (χ4v) is 4.44. The Labute approximate surface area is 145 Å². The van der Waals surface area contributed by atoms with Crippen LogP contribution in [0.5, 0.6) is 0 Å². The summed E-state index contributed by atoms with van der Waals surface area (Å²) in [5, 5.41) is 0. The number of hydrogen-bond donors (Lipinski definition) is 0. The van der Waals surface area contributed by atoms with E-state index in [0.717, 1.165) is 0 Å². The van der Waals surface area contributed by atoms with Gasteiger partial charge in [-0.25, -0.2) is 0 Å². The predicted molar refractivity (Wildman–Crippen MR) is 102 cm³/mol. The summed E-state index contributed by atoms with van der Waals surface area (Å²) in [4.78, 5) is 0. The Kier molecular flexibility index (Phi) is 3.38. The van der Waals surface area contributed by atoms with Crippen LogP contribution in [0.15, 0.2) is 77.4 Å². The van der Waals surface area contributed by atoms with E-state index in [2.05, 4.69) is 94.5 Å². The highest BCUT2D eigenvalue weighted by Gasteiger charge is 2.39. The van der Waals surface area contributed by atoms with Crippen molar-refractivity contribution in [1.82, 2.24) is 0 Å². The molecule has 0 nitrogen and oxygen atoms in total. The van der Waals surface area contributed by atoms with Crippen LogP contribution in [0.2, 0.25) is 0 Å². The van der Waals surface area contributed by atoms with E-state index < -0.39 is 0 Å². The molecule has 0 saturated heterocycles. The van der Waals surface area contributed by atoms with Crippen molar-refractivity contribution in [3.05, 3.63) is 94.6 Å². The number of fused-ring (bicyclic) bond motifs is 3. The average Bonchev–Trinajstić information content (AvgIpc) is 2.89. The van der Waals surface area contributed by atoms with Crippen molar-refractivity contribution in [1.29, 1.82) is 0 Å². The predicted octanol–water partition coefficient (Wildman–Crippen LogP) is 6.46. The molecular weight excluding hydrogens is 288 g/mol. The zero-order valence-electron chi connectivity index (χ0n) is 14.9. The van der Waals surface area contributed by atoms with Gasteiger partial charge in [-0.1, -0.05) is 80.1 Å². The minimum Gasteiger partial charge on any atom is -0.0723 e. The van der Waals surface area contributed by atoms with E-state index in [1.807, 2.05) is 0 Å². The first kappa shape index (κ1) is 15.2. The first-order chi connectivity index (χ1) is 11.5. The molecule has 24 heavy (non-hydrogen) atoms. The van der Waals surface area contributed by atoms with Gasteiger partial charge in [-0.05, 0) is 53.3 Å². The highest BCUT2D eigenvalue weighted by molar-refractivity contribution is 5.81. The molecule has 0 unspecified atom stereocenters. The second-order valence-corrected chi connectivity index (χ2v) is 7.56. The van der Waals surface area contributed by atoms with Crippen LogP contribution in [0.3, 0.4) is 0 Å². The van der Waals surface area contributed by atoms with E-state index in [1.165, 1.54) is 39.0 Å². The van der Waals surface area contributed by atoms with E-state index in [1.54, 1.807) is 0 Å². The molecular formula is C24H23. The van der Waals surface area contributed by atoms with Crippen LogP contribution in [0.25, 0.3) is 11.1 Å². The number of allylic oxidation sites excluding steroid dienone is 6. The molecule has 0 saturated carbocycles. The van der Waals surface area contributed by atoms with Crippen LogP contribution in [0.4, 0.5) is 0 Å². The van der Waals surface area contributed by atoms with Crippen LogP contribution in [-0.4, -0.2) is 0 Å². The Balaban J connectivity index is 1.96. The SMILES string of the molecule is CC(C)=C1C=[C]C=C(C2c3ccccc3-c3ccccc32)C1(C)C. The maximum atomic E-state index is 3.42. The lowest BCUT2D eigenvalue weighted by atomic mass is 9.66. The lowest BCUT2D eigenvalue weighted by Gasteiger charge is -2.37. The number of rotatable bonds is 1. The molecule has 2 aliphatic carbocycles. The standard InChI is InChI=1S/C24H23/c1-16(2)21-14-9-15-22(24(21,3)4)23-19-12-7-5-10-17(19)18-11-6-8-13-20(18)23/h5-8,10-15,23H,1-4H3. The minimum atomic E-state index is 0.0132. The molecule has 2 aromatic rings. The normalized spacial score (nSPS) is 18.2. The van der Waals surface area contributed by atoms with Gasteiger partial charge in [-0.3, -0.25) is 0 Å². The van der Waals surface area contributed by atoms with E-state index in [9.17, 15) is 0 Å². The molecule has 1 radical (unpaired) electrons. The van der Waals surface area contributed by atoms with Crippen LogP contribution in [0, 0.1) is 11.5 Å². The van der Waals surface area contributed by atoms with Gasteiger partial charge < -0.3 is 0 Å². The molecule has 0 aliphatic heterocycles. The van der Waals surface area contributed by atoms with Crippen molar-refractivity contribution >= 4 is 0 Å². The monoisotopic (exact) mass is 311 g/mol. The smallest absolute Gasteiger partial charge is 0.0323 e. The summed E-state index contributed by atoms with van der Waals surface area (Å²) in [6.07, 6.45) is 7.79. The molecule has 0 spiro atoms. The van der Waals surface area contributed by atoms with Crippen LogP contribution in [0.1, 0.15) is 44.7 Å². The Morgan fingerprint density at radius 1 is 0.875 bits per heavy atom. The lowest BCUT2D eigenvalue weighted by Crippen LogP contribution is -2.24. The molecule has 0 N–H and O–H groups in total. The fourth-order valence-electron chi connectivity index (χ4n) is 4.44. The summed E-state index contributed by atoms with van der Waals surface area (Å²) in [6.45, 7) is 9.10. The van der Waals surface area contributed by atoms with Crippen molar-refractivity contribution in [2.24, 2.45) is 5.41 Å². The van der Waals surface area contributed by atoms with Gasteiger partial charge in [0, 0.05) is 11.3 Å². The Hall–Kier alpha value is -2.34. The highest BCUT2D eigenvalue weighted by atomic mass is 14.4. The van der Waals surface area contributed by atoms with Crippen molar-refractivity contribution in [2.75, 3.05) is 0 Å². The molecule has 0 bridgehead atoms.